The van der Waals surface area contributed by atoms with Crippen molar-refractivity contribution in [1.29, 1.82) is 0 Å². The summed E-state index contributed by atoms with van der Waals surface area (Å²) >= 11 is 0. The SMILES string of the molecule is CN(C)c1cc(N2CCCC2C(N)=O)ncn1. The van der Waals surface area contributed by atoms with E-state index in [1.54, 1.807) is 0 Å². The molecule has 1 aliphatic rings. The standard InChI is InChI=1S/C11H17N5O/c1-15(2)9-6-10(14-7-13-9)16-5-3-4-8(16)11(12)17/h6-8H,3-5H2,1-2H3,(H2,12,17). The van der Waals surface area contributed by atoms with Gasteiger partial charge in [-0.3, -0.25) is 4.79 Å². The van der Waals surface area contributed by atoms with Crippen molar-refractivity contribution >= 4 is 17.5 Å². The first-order chi connectivity index (χ1) is 8.09. The zero-order valence-electron chi connectivity index (χ0n) is 10.1. The maximum Gasteiger partial charge on any atom is 0.240 e. The number of aromatic nitrogens is 2. The van der Waals surface area contributed by atoms with Crippen LogP contribution in [0.15, 0.2) is 12.4 Å². The van der Waals surface area contributed by atoms with E-state index in [2.05, 4.69) is 9.97 Å². The molecule has 1 aromatic rings. The van der Waals surface area contributed by atoms with Gasteiger partial charge in [-0.2, -0.15) is 0 Å². The summed E-state index contributed by atoms with van der Waals surface area (Å²) in [7, 11) is 3.84. The number of primary amides is 1. The van der Waals surface area contributed by atoms with E-state index < -0.39 is 0 Å². The van der Waals surface area contributed by atoms with Gasteiger partial charge in [0.25, 0.3) is 0 Å². The van der Waals surface area contributed by atoms with Crippen LogP contribution < -0.4 is 15.5 Å². The molecule has 6 nitrogen and oxygen atoms in total. The maximum absolute atomic E-state index is 11.3. The van der Waals surface area contributed by atoms with Gasteiger partial charge in [-0.05, 0) is 12.8 Å². The molecule has 1 atom stereocenters. The zero-order chi connectivity index (χ0) is 12.4. The van der Waals surface area contributed by atoms with Crippen LogP contribution in [0.25, 0.3) is 0 Å². The van der Waals surface area contributed by atoms with E-state index in [1.807, 2.05) is 30.0 Å². The van der Waals surface area contributed by atoms with Crippen molar-refractivity contribution in [3.05, 3.63) is 12.4 Å². The Morgan fingerprint density at radius 1 is 1.53 bits per heavy atom. The highest BCUT2D eigenvalue weighted by molar-refractivity contribution is 5.84. The summed E-state index contributed by atoms with van der Waals surface area (Å²) in [6.45, 7) is 0.817. The third-order valence-corrected chi connectivity index (χ3v) is 2.97. The predicted molar refractivity (Wildman–Crippen MR) is 65.9 cm³/mol. The Hall–Kier alpha value is -1.85. The molecule has 2 rings (SSSR count). The van der Waals surface area contributed by atoms with Crippen LogP contribution in [0.2, 0.25) is 0 Å². The molecule has 2 N–H and O–H groups in total. The summed E-state index contributed by atoms with van der Waals surface area (Å²) in [5.74, 6) is 1.31. The summed E-state index contributed by atoms with van der Waals surface area (Å²) in [6, 6.07) is 1.64. The molecule has 0 saturated carbocycles. The molecule has 1 unspecified atom stereocenters. The molecule has 1 saturated heterocycles. The van der Waals surface area contributed by atoms with E-state index in [-0.39, 0.29) is 11.9 Å². The van der Waals surface area contributed by atoms with Crippen molar-refractivity contribution in [2.24, 2.45) is 5.73 Å². The Bertz CT molecular complexity index is 420. The minimum atomic E-state index is -0.285. The second-order valence-electron chi connectivity index (χ2n) is 4.38. The van der Waals surface area contributed by atoms with Gasteiger partial charge in [-0.15, -0.1) is 0 Å². The number of anilines is 2. The highest BCUT2D eigenvalue weighted by Crippen LogP contribution is 2.25. The van der Waals surface area contributed by atoms with Crippen LogP contribution in [0.1, 0.15) is 12.8 Å². The molecule has 0 radical (unpaired) electrons. The predicted octanol–water partition coefficient (Wildman–Crippen LogP) is -0.00330. The van der Waals surface area contributed by atoms with Gasteiger partial charge in [0.2, 0.25) is 5.91 Å². The summed E-state index contributed by atoms with van der Waals surface area (Å²) in [6.07, 6.45) is 3.28. The summed E-state index contributed by atoms with van der Waals surface area (Å²) in [4.78, 5) is 23.6. The first-order valence-electron chi connectivity index (χ1n) is 5.65. The lowest BCUT2D eigenvalue weighted by atomic mass is 10.2. The monoisotopic (exact) mass is 235 g/mol. The molecule has 0 aliphatic carbocycles. The maximum atomic E-state index is 11.3. The molecule has 2 heterocycles. The second kappa shape index (κ2) is 4.57. The second-order valence-corrected chi connectivity index (χ2v) is 4.38. The molecule has 92 valence electrons. The molecule has 0 spiro atoms. The van der Waals surface area contributed by atoms with E-state index in [1.165, 1.54) is 6.33 Å². The van der Waals surface area contributed by atoms with E-state index in [9.17, 15) is 4.79 Å². The number of nitrogens with zero attached hydrogens (tertiary/aromatic N) is 4. The molecule has 1 aromatic heterocycles. The van der Waals surface area contributed by atoms with E-state index in [0.29, 0.717) is 0 Å². The van der Waals surface area contributed by atoms with Crippen molar-refractivity contribution in [1.82, 2.24) is 9.97 Å². The summed E-state index contributed by atoms with van der Waals surface area (Å²) < 4.78 is 0. The van der Waals surface area contributed by atoms with Gasteiger partial charge in [0.05, 0.1) is 0 Å². The van der Waals surface area contributed by atoms with Crippen LogP contribution in [-0.2, 0) is 4.79 Å². The fourth-order valence-corrected chi connectivity index (χ4v) is 2.08. The number of hydrogen-bond acceptors (Lipinski definition) is 5. The lowest BCUT2D eigenvalue weighted by Crippen LogP contribution is -2.40. The highest BCUT2D eigenvalue weighted by atomic mass is 16.1. The van der Waals surface area contributed by atoms with Crippen LogP contribution >= 0.6 is 0 Å². The molecule has 1 amide bonds. The number of rotatable bonds is 3. The third kappa shape index (κ3) is 2.30. The minimum absolute atomic E-state index is 0.236. The number of hydrogen-bond donors (Lipinski definition) is 1. The summed E-state index contributed by atoms with van der Waals surface area (Å²) in [5, 5.41) is 0. The smallest absolute Gasteiger partial charge is 0.240 e. The Morgan fingerprint density at radius 2 is 2.29 bits per heavy atom. The van der Waals surface area contributed by atoms with Crippen LogP contribution in [0.3, 0.4) is 0 Å². The number of nitrogens with two attached hydrogens (primary N) is 1. The number of carbonyl (C=O) groups excluding carboxylic acids is 1. The lowest BCUT2D eigenvalue weighted by Gasteiger charge is -2.24. The molecular formula is C11H17N5O. The Balaban J connectivity index is 2.27. The van der Waals surface area contributed by atoms with E-state index in [4.69, 9.17) is 5.73 Å². The molecule has 6 heteroatoms. The molecule has 1 fully saturated rings. The van der Waals surface area contributed by atoms with Crippen LogP contribution in [-0.4, -0.2) is 42.6 Å². The van der Waals surface area contributed by atoms with Crippen LogP contribution in [0.4, 0.5) is 11.6 Å². The average Bonchev–Trinajstić information content (AvgIpc) is 2.78. The quantitative estimate of drug-likeness (QED) is 0.798. The molecule has 0 aromatic carbocycles. The van der Waals surface area contributed by atoms with Gasteiger partial charge in [0, 0.05) is 26.7 Å². The first-order valence-corrected chi connectivity index (χ1v) is 5.65. The topological polar surface area (TPSA) is 75.3 Å². The normalized spacial score (nSPS) is 19.4. The Morgan fingerprint density at radius 3 is 2.94 bits per heavy atom. The molecule has 0 bridgehead atoms. The van der Waals surface area contributed by atoms with Crippen molar-refractivity contribution in [2.45, 2.75) is 18.9 Å². The van der Waals surface area contributed by atoms with Crippen molar-refractivity contribution in [2.75, 3.05) is 30.4 Å². The lowest BCUT2D eigenvalue weighted by molar-refractivity contribution is -0.119. The fourth-order valence-electron chi connectivity index (χ4n) is 2.08. The largest absolute Gasteiger partial charge is 0.368 e. The van der Waals surface area contributed by atoms with Gasteiger partial charge in [0.15, 0.2) is 0 Å². The Labute approximate surface area is 100 Å². The van der Waals surface area contributed by atoms with Crippen molar-refractivity contribution < 1.29 is 4.79 Å². The zero-order valence-corrected chi connectivity index (χ0v) is 10.1. The summed E-state index contributed by atoms with van der Waals surface area (Å²) in [5.41, 5.74) is 5.39. The average molecular weight is 235 g/mol. The number of carbonyl (C=O) groups is 1. The molecule has 1 aliphatic heterocycles. The minimum Gasteiger partial charge on any atom is -0.368 e. The van der Waals surface area contributed by atoms with Gasteiger partial charge in [0.1, 0.15) is 24.0 Å². The number of amides is 1. The third-order valence-electron chi connectivity index (χ3n) is 2.97. The van der Waals surface area contributed by atoms with Gasteiger partial charge < -0.3 is 15.5 Å². The Kier molecular flexibility index (Phi) is 3.12. The van der Waals surface area contributed by atoms with Crippen LogP contribution in [0.5, 0.6) is 0 Å². The molecule has 17 heavy (non-hydrogen) atoms. The van der Waals surface area contributed by atoms with E-state index >= 15 is 0 Å². The van der Waals surface area contributed by atoms with Crippen molar-refractivity contribution in [3.63, 3.8) is 0 Å². The van der Waals surface area contributed by atoms with Gasteiger partial charge in [-0.1, -0.05) is 0 Å². The van der Waals surface area contributed by atoms with Gasteiger partial charge >= 0.3 is 0 Å². The molecular weight excluding hydrogens is 218 g/mol. The van der Waals surface area contributed by atoms with Crippen LogP contribution in [0, 0.1) is 0 Å². The highest BCUT2D eigenvalue weighted by Gasteiger charge is 2.30. The van der Waals surface area contributed by atoms with E-state index in [0.717, 1.165) is 31.0 Å². The van der Waals surface area contributed by atoms with Gasteiger partial charge in [-0.25, -0.2) is 9.97 Å². The fraction of sp³-hybridized carbons (Fsp3) is 0.545. The first kappa shape index (κ1) is 11.6. The van der Waals surface area contributed by atoms with Crippen molar-refractivity contribution in [3.8, 4) is 0 Å².